The van der Waals surface area contributed by atoms with Crippen LogP contribution in [0, 0.1) is 5.92 Å². The number of carbonyl (C=O) groups is 1. The third kappa shape index (κ3) is 7.24. The maximum atomic E-state index is 12.9. The fourth-order valence-corrected chi connectivity index (χ4v) is 5.44. The Balaban J connectivity index is 1.31. The molecule has 0 aliphatic carbocycles. The molecule has 37 heavy (non-hydrogen) atoms. The molecular weight excluding hydrogens is 527 g/mol. The fraction of sp³-hybridized carbons (Fsp3) is 0.269. The first kappa shape index (κ1) is 27.0. The molecule has 1 fully saturated rings. The van der Waals surface area contributed by atoms with Crippen molar-refractivity contribution >= 4 is 38.9 Å². The van der Waals surface area contributed by atoms with Gasteiger partial charge in [0, 0.05) is 28.9 Å². The Bertz CT molecular complexity index is 1360. The van der Waals surface area contributed by atoms with Gasteiger partial charge in [0.15, 0.2) is 0 Å². The smallest absolute Gasteiger partial charge is 0.326 e. The van der Waals surface area contributed by atoms with Crippen LogP contribution in [0.15, 0.2) is 77.7 Å². The number of halogens is 4. The number of likely N-dealkylation sites (tertiary alicyclic amines) is 1. The van der Waals surface area contributed by atoms with Crippen LogP contribution in [0.5, 0.6) is 0 Å². The Morgan fingerprint density at radius 1 is 0.946 bits per heavy atom. The molecule has 0 spiro atoms. The number of nitrogens with zero attached hydrogens (tertiary/aromatic N) is 1. The number of anilines is 2. The van der Waals surface area contributed by atoms with Crippen molar-refractivity contribution in [2.75, 3.05) is 23.1 Å². The number of alkyl halides is 3. The monoisotopic (exact) mass is 551 g/mol. The molecule has 6 nitrogen and oxygen atoms in total. The Morgan fingerprint density at radius 2 is 1.62 bits per heavy atom. The zero-order valence-corrected chi connectivity index (χ0v) is 21.2. The van der Waals surface area contributed by atoms with Crippen LogP contribution in [0.2, 0.25) is 5.02 Å². The van der Waals surface area contributed by atoms with Gasteiger partial charge in [0.1, 0.15) is 0 Å². The van der Waals surface area contributed by atoms with Crippen molar-refractivity contribution in [3.8, 4) is 0 Å². The topological polar surface area (TPSA) is 78.5 Å². The fourth-order valence-electron chi connectivity index (χ4n) is 4.18. The predicted octanol–water partition coefficient (Wildman–Crippen LogP) is 6.01. The van der Waals surface area contributed by atoms with E-state index in [2.05, 4.69) is 14.9 Å². The van der Waals surface area contributed by atoms with Crippen molar-refractivity contribution in [3.63, 3.8) is 0 Å². The van der Waals surface area contributed by atoms with Gasteiger partial charge in [-0.2, -0.15) is 13.2 Å². The molecule has 1 saturated heterocycles. The highest BCUT2D eigenvalue weighted by atomic mass is 35.5. The number of piperidine rings is 1. The molecule has 0 atom stereocenters. The van der Waals surface area contributed by atoms with E-state index in [1.165, 1.54) is 30.3 Å². The molecule has 0 unspecified atom stereocenters. The summed E-state index contributed by atoms with van der Waals surface area (Å²) in [5, 5.41) is 3.51. The summed E-state index contributed by atoms with van der Waals surface area (Å²) in [5.41, 5.74) is 0.396. The molecule has 2 N–H and O–H groups in total. The summed E-state index contributed by atoms with van der Waals surface area (Å²) >= 11 is 6.05. The summed E-state index contributed by atoms with van der Waals surface area (Å²) in [6, 6.07) is 17.1. The number of sulfonamides is 1. The summed E-state index contributed by atoms with van der Waals surface area (Å²) in [6.45, 7) is 2.30. The summed E-state index contributed by atoms with van der Waals surface area (Å²) in [7, 11) is -4.12. The summed E-state index contributed by atoms with van der Waals surface area (Å²) in [4.78, 5) is 14.9. The maximum Gasteiger partial charge on any atom is 0.416 e. The predicted molar refractivity (Wildman–Crippen MR) is 137 cm³/mol. The van der Waals surface area contributed by atoms with Crippen molar-refractivity contribution < 1.29 is 26.4 Å². The average molecular weight is 552 g/mol. The molecular formula is C26H25ClF3N3O3S. The van der Waals surface area contributed by atoms with Gasteiger partial charge >= 0.3 is 6.18 Å². The molecule has 11 heteroatoms. The first-order valence-electron chi connectivity index (χ1n) is 11.6. The van der Waals surface area contributed by atoms with Gasteiger partial charge in [-0.1, -0.05) is 29.8 Å². The highest BCUT2D eigenvalue weighted by Gasteiger charge is 2.31. The number of carbonyl (C=O) groups excluding carboxylic acids is 1. The van der Waals surface area contributed by atoms with Crippen molar-refractivity contribution in [2.45, 2.75) is 30.5 Å². The van der Waals surface area contributed by atoms with Gasteiger partial charge in [-0.3, -0.25) is 14.4 Å². The number of amides is 1. The highest BCUT2D eigenvalue weighted by molar-refractivity contribution is 7.92. The minimum atomic E-state index is -4.59. The van der Waals surface area contributed by atoms with Gasteiger partial charge in [-0.05, 0) is 86.1 Å². The molecule has 1 aliphatic heterocycles. The van der Waals surface area contributed by atoms with Crippen molar-refractivity contribution in [3.05, 3.63) is 88.9 Å². The Labute approximate surface area is 218 Å². The van der Waals surface area contributed by atoms with E-state index in [1.807, 2.05) is 24.3 Å². The SMILES string of the molecule is O=C(Nc1ccc(S(=O)(=O)Nc2cccc(C(F)(F)F)c2)cc1)C1CCN(Cc2cccc(Cl)c2)CC1. The Morgan fingerprint density at radius 3 is 2.27 bits per heavy atom. The Hall–Kier alpha value is -3.08. The minimum absolute atomic E-state index is 0.139. The number of hydrogen-bond donors (Lipinski definition) is 2. The second kappa shape index (κ2) is 11.1. The molecule has 3 aromatic rings. The molecule has 196 valence electrons. The maximum absolute atomic E-state index is 12.9. The van der Waals surface area contributed by atoms with Gasteiger partial charge in [-0.25, -0.2) is 8.42 Å². The van der Waals surface area contributed by atoms with Crippen LogP contribution in [0.25, 0.3) is 0 Å². The molecule has 3 aromatic carbocycles. The first-order valence-corrected chi connectivity index (χ1v) is 13.4. The van der Waals surface area contributed by atoms with Crippen LogP contribution in [-0.4, -0.2) is 32.3 Å². The van der Waals surface area contributed by atoms with Gasteiger partial charge in [0.05, 0.1) is 10.5 Å². The normalized spacial score (nSPS) is 15.4. The van der Waals surface area contributed by atoms with E-state index in [4.69, 9.17) is 11.6 Å². The molecule has 4 rings (SSSR count). The van der Waals surface area contributed by atoms with Gasteiger partial charge in [-0.15, -0.1) is 0 Å². The molecule has 1 amide bonds. The van der Waals surface area contributed by atoms with Crippen LogP contribution in [0.1, 0.15) is 24.0 Å². The quantitative estimate of drug-likeness (QED) is 0.377. The van der Waals surface area contributed by atoms with E-state index in [-0.39, 0.29) is 22.4 Å². The third-order valence-electron chi connectivity index (χ3n) is 6.13. The van der Waals surface area contributed by atoms with Gasteiger partial charge < -0.3 is 5.32 Å². The molecule has 1 heterocycles. The van der Waals surface area contributed by atoms with E-state index in [1.54, 1.807) is 0 Å². The summed E-state index contributed by atoms with van der Waals surface area (Å²) in [6.07, 6.45) is -3.20. The second-order valence-electron chi connectivity index (χ2n) is 8.88. The van der Waals surface area contributed by atoms with Gasteiger partial charge in [0.25, 0.3) is 10.0 Å². The zero-order chi connectivity index (χ0) is 26.6. The molecule has 0 aromatic heterocycles. The van der Waals surface area contributed by atoms with Gasteiger partial charge in [0.2, 0.25) is 5.91 Å². The van der Waals surface area contributed by atoms with Crippen LogP contribution < -0.4 is 10.0 Å². The molecule has 1 aliphatic rings. The Kier molecular flexibility index (Phi) is 8.11. The lowest BCUT2D eigenvalue weighted by Crippen LogP contribution is -2.37. The van der Waals surface area contributed by atoms with Crippen LogP contribution in [0.4, 0.5) is 24.5 Å². The number of benzene rings is 3. The molecule has 0 saturated carbocycles. The summed E-state index contributed by atoms with van der Waals surface area (Å²) < 4.78 is 66.1. The second-order valence-corrected chi connectivity index (χ2v) is 11.0. The van der Waals surface area contributed by atoms with E-state index in [0.717, 1.165) is 43.4 Å². The first-order chi connectivity index (χ1) is 17.5. The third-order valence-corrected chi connectivity index (χ3v) is 7.76. The lowest BCUT2D eigenvalue weighted by Gasteiger charge is -2.31. The van der Waals surface area contributed by atoms with Crippen LogP contribution in [0.3, 0.4) is 0 Å². The van der Waals surface area contributed by atoms with E-state index < -0.39 is 21.8 Å². The minimum Gasteiger partial charge on any atom is -0.326 e. The lowest BCUT2D eigenvalue weighted by atomic mass is 9.95. The van der Waals surface area contributed by atoms with E-state index in [0.29, 0.717) is 23.6 Å². The lowest BCUT2D eigenvalue weighted by molar-refractivity contribution is -0.137. The molecule has 0 radical (unpaired) electrons. The summed E-state index contributed by atoms with van der Waals surface area (Å²) in [5.74, 6) is -0.304. The zero-order valence-electron chi connectivity index (χ0n) is 19.6. The average Bonchev–Trinajstić information content (AvgIpc) is 2.84. The number of hydrogen-bond acceptors (Lipinski definition) is 4. The number of nitrogens with one attached hydrogen (secondary N) is 2. The van der Waals surface area contributed by atoms with Crippen LogP contribution >= 0.6 is 11.6 Å². The van der Waals surface area contributed by atoms with E-state index in [9.17, 15) is 26.4 Å². The van der Waals surface area contributed by atoms with Crippen molar-refractivity contribution in [2.24, 2.45) is 5.92 Å². The number of rotatable bonds is 7. The van der Waals surface area contributed by atoms with Crippen molar-refractivity contribution in [1.29, 1.82) is 0 Å². The van der Waals surface area contributed by atoms with Crippen molar-refractivity contribution in [1.82, 2.24) is 4.90 Å². The van der Waals surface area contributed by atoms with E-state index >= 15 is 0 Å². The largest absolute Gasteiger partial charge is 0.416 e. The van der Waals surface area contributed by atoms with Crippen LogP contribution in [-0.2, 0) is 27.5 Å². The highest BCUT2D eigenvalue weighted by Crippen LogP contribution is 2.31. The standard InChI is InChI=1S/C26H25ClF3N3O3S/c27-21-5-1-3-18(15-21)17-33-13-11-19(12-14-33)25(34)31-22-7-9-24(10-8-22)37(35,36)32-23-6-2-4-20(16-23)26(28,29)30/h1-10,15-16,19,32H,11-14,17H2,(H,31,34). The molecule has 0 bridgehead atoms.